The number of nitrogens with zero attached hydrogens (tertiary/aromatic N) is 1. The minimum atomic E-state index is -1.04. The molecular formula is C18H26N2O2. The van der Waals surface area contributed by atoms with Crippen molar-refractivity contribution < 1.29 is 9.59 Å². The highest BCUT2D eigenvalue weighted by Gasteiger charge is 2.39. The van der Waals surface area contributed by atoms with Gasteiger partial charge in [-0.1, -0.05) is 25.1 Å². The third-order valence-corrected chi connectivity index (χ3v) is 4.39. The minimum absolute atomic E-state index is 0.0707. The van der Waals surface area contributed by atoms with Gasteiger partial charge in [0, 0.05) is 18.8 Å². The SMILES string of the molecule is CCc1ccccc1NC(=O)C(C)(C)C(=O)N1CCCCC1. The largest absolute Gasteiger partial charge is 0.342 e. The molecule has 1 saturated heterocycles. The zero-order valence-corrected chi connectivity index (χ0v) is 13.8. The molecule has 120 valence electrons. The number of anilines is 1. The van der Waals surface area contributed by atoms with Crippen molar-refractivity contribution in [3.63, 3.8) is 0 Å². The number of amides is 2. The van der Waals surface area contributed by atoms with Crippen LogP contribution in [0.5, 0.6) is 0 Å². The number of rotatable bonds is 4. The number of benzene rings is 1. The Hall–Kier alpha value is -1.84. The van der Waals surface area contributed by atoms with E-state index in [0.29, 0.717) is 0 Å². The molecule has 0 saturated carbocycles. The van der Waals surface area contributed by atoms with Gasteiger partial charge in [0.05, 0.1) is 0 Å². The van der Waals surface area contributed by atoms with E-state index in [4.69, 9.17) is 0 Å². The van der Waals surface area contributed by atoms with Gasteiger partial charge in [0.15, 0.2) is 0 Å². The molecule has 0 radical (unpaired) electrons. The fraction of sp³-hybridized carbons (Fsp3) is 0.556. The van der Waals surface area contributed by atoms with Gasteiger partial charge in [0.2, 0.25) is 11.8 Å². The maximum atomic E-state index is 12.7. The maximum Gasteiger partial charge on any atom is 0.239 e. The summed E-state index contributed by atoms with van der Waals surface area (Å²) in [5, 5.41) is 2.94. The van der Waals surface area contributed by atoms with Crippen LogP contribution < -0.4 is 5.32 Å². The average Bonchev–Trinajstić information content (AvgIpc) is 2.55. The molecule has 1 aromatic rings. The minimum Gasteiger partial charge on any atom is -0.342 e. The van der Waals surface area contributed by atoms with E-state index in [1.165, 1.54) is 6.42 Å². The monoisotopic (exact) mass is 302 g/mol. The van der Waals surface area contributed by atoms with Gasteiger partial charge in [-0.15, -0.1) is 0 Å². The van der Waals surface area contributed by atoms with Crippen LogP contribution in [0.1, 0.15) is 45.6 Å². The summed E-state index contributed by atoms with van der Waals surface area (Å²) in [6.45, 7) is 7.01. The number of hydrogen-bond donors (Lipinski definition) is 1. The molecule has 1 aliphatic heterocycles. The van der Waals surface area contributed by atoms with E-state index in [1.54, 1.807) is 13.8 Å². The smallest absolute Gasteiger partial charge is 0.239 e. The molecule has 2 amide bonds. The van der Waals surface area contributed by atoms with Crippen LogP contribution in [0.4, 0.5) is 5.69 Å². The number of hydrogen-bond acceptors (Lipinski definition) is 2. The van der Waals surface area contributed by atoms with Crippen LogP contribution >= 0.6 is 0 Å². The summed E-state index contributed by atoms with van der Waals surface area (Å²) in [7, 11) is 0. The first-order valence-electron chi connectivity index (χ1n) is 8.15. The Morgan fingerprint density at radius 3 is 2.41 bits per heavy atom. The lowest BCUT2D eigenvalue weighted by Crippen LogP contribution is -2.49. The molecule has 2 rings (SSSR count). The molecule has 1 aliphatic rings. The summed E-state index contributed by atoms with van der Waals surface area (Å²) in [5.41, 5.74) is 0.838. The summed E-state index contributed by atoms with van der Waals surface area (Å²) in [5.74, 6) is -0.303. The van der Waals surface area contributed by atoms with E-state index < -0.39 is 5.41 Å². The lowest BCUT2D eigenvalue weighted by atomic mass is 9.89. The van der Waals surface area contributed by atoms with Gasteiger partial charge in [-0.05, 0) is 51.2 Å². The summed E-state index contributed by atoms with van der Waals surface area (Å²) < 4.78 is 0. The van der Waals surface area contributed by atoms with Crippen molar-refractivity contribution in [2.75, 3.05) is 18.4 Å². The molecule has 0 spiro atoms. The Kier molecular flexibility index (Phi) is 5.22. The summed E-state index contributed by atoms with van der Waals surface area (Å²) in [6, 6.07) is 7.74. The Morgan fingerprint density at radius 1 is 1.14 bits per heavy atom. The molecule has 0 bridgehead atoms. The van der Waals surface area contributed by atoms with Crippen LogP contribution in [0.3, 0.4) is 0 Å². The fourth-order valence-corrected chi connectivity index (χ4v) is 2.82. The van der Waals surface area contributed by atoms with Crippen LogP contribution in [-0.4, -0.2) is 29.8 Å². The number of aryl methyl sites for hydroxylation is 1. The van der Waals surface area contributed by atoms with Gasteiger partial charge in [-0.25, -0.2) is 0 Å². The van der Waals surface area contributed by atoms with Crippen molar-refractivity contribution in [1.82, 2.24) is 4.90 Å². The van der Waals surface area contributed by atoms with Gasteiger partial charge in [-0.3, -0.25) is 9.59 Å². The third-order valence-electron chi connectivity index (χ3n) is 4.39. The van der Waals surface area contributed by atoms with Crippen LogP contribution in [-0.2, 0) is 16.0 Å². The second-order valence-corrected chi connectivity index (χ2v) is 6.44. The highest BCUT2D eigenvalue weighted by Crippen LogP contribution is 2.25. The predicted molar refractivity (Wildman–Crippen MR) is 88.7 cm³/mol. The summed E-state index contributed by atoms with van der Waals surface area (Å²) in [6.07, 6.45) is 4.07. The number of para-hydroxylation sites is 1. The van der Waals surface area contributed by atoms with Gasteiger partial charge < -0.3 is 10.2 Å². The fourth-order valence-electron chi connectivity index (χ4n) is 2.82. The van der Waals surface area contributed by atoms with Crippen molar-refractivity contribution in [1.29, 1.82) is 0 Å². The maximum absolute atomic E-state index is 12.7. The predicted octanol–water partition coefficient (Wildman–Crippen LogP) is 3.23. The molecule has 1 N–H and O–H groups in total. The quantitative estimate of drug-likeness (QED) is 0.868. The first-order chi connectivity index (χ1) is 10.5. The van der Waals surface area contributed by atoms with Crippen molar-refractivity contribution in [3.05, 3.63) is 29.8 Å². The van der Waals surface area contributed by atoms with E-state index >= 15 is 0 Å². The van der Waals surface area contributed by atoms with Crippen LogP contribution in [0.2, 0.25) is 0 Å². The van der Waals surface area contributed by atoms with Crippen LogP contribution in [0, 0.1) is 5.41 Å². The van der Waals surface area contributed by atoms with E-state index in [-0.39, 0.29) is 11.8 Å². The number of likely N-dealkylation sites (tertiary alicyclic amines) is 1. The molecular weight excluding hydrogens is 276 g/mol. The first kappa shape index (κ1) is 16.5. The second kappa shape index (κ2) is 6.95. The Bertz CT molecular complexity index is 546. The second-order valence-electron chi connectivity index (χ2n) is 6.44. The molecule has 0 atom stereocenters. The molecule has 4 heteroatoms. The highest BCUT2D eigenvalue weighted by atomic mass is 16.2. The molecule has 1 aromatic carbocycles. The standard InChI is InChI=1S/C18H26N2O2/c1-4-14-10-6-7-11-15(14)19-16(21)18(2,3)17(22)20-12-8-5-9-13-20/h6-7,10-11H,4-5,8-9,12-13H2,1-3H3,(H,19,21). The van der Waals surface area contributed by atoms with Crippen molar-refractivity contribution in [2.24, 2.45) is 5.41 Å². The van der Waals surface area contributed by atoms with Crippen LogP contribution in [0.15, 0.2) is 24.3 Å². The zero-order chi connectivity index (χ0) is 16.2. The normalized spacial score (nSPS) is 15.5. The molecule has 1 fully saturated rings. The number of nitrogens with one attached hydrogen (secondary N) is 1. The third kappa shape index (κ3) is 3.49. The number of carbonyl (C=O) groups is 2. The van der Waals surface area contributed by atoms with E-state index in [1.807, 2.05) is 29.2 Å². The van der Waals surface area contributed by atoms with Crippen LogP contribution in [0.25, 0.3) is 0 Å². The van der Waals surface area contributed by atoms with Crippen molar-refractivity contribution >= 4 is 17.5 Å². The van der Waals surface area contributed by atoms with Gasteiger partial charge in [0.1, 0.15) is 5.41 Å². The lowest BCUT2D eigenvalue weighted by molar-refractivity contribution is -0.147. The van der Waals surface area contributed by atoms with Gasteiger partial charge >= 0.3 is 0 Å². The lowest BCUT2D eigenvalue weighted by Gasteiger charge is -2.33. The van der Waals surface area contributed by atoms with E-state index in [9.17, 15) is 9.59 Å². The Morgan fingerprint density at radius 2 is 1.77 bits per heavy atom. The highest BCUT2D eigenvalue weighted by molar-refractivity contribution is 6.10. The molecule has 0 unspecified atom stereocenters. The molecule has 22 heavy (non-hydrogen) atoms. The molecule has 1 heterocycles. The average molecular weight is 302 g/mol. The summed E-state index contributed by atoms with van der Waals surface area (Å²) in [4.78, 5) is 27.1. The topological polar surface area (TPSA) is 49.4 Å². The van der Waals surface area contributed by atoms with E-state index in [2.05, 4.69) is 12.2 Å². The zero-order valence-electron chi connectivity index (χ0n) is 13.8. The van der Waals surface area contributed by atoms with Crippen molar-refractivity contribution in [3.8, 4) is 0 Å². The van der Waals surface area contributed by atoms with Gasteiger partial charge in [-0.2, -0.15) is 0 Å². The molecule has 4 nitrogen and oxygen atoms in total. The number of carbonyl (C=O) groups excluding carboxylic acids is 2. The Labute approximate surface area is 132 Å². The van der Waals surface area contributed by atoms with Gasteiger partial charge in [0.25, 0.3) is 0 Å². The molecule has 0 aromatic heterocycles. The van der Waals surface area contributed by atoms with Crippen molar-refractivity contribution in [2.45, 2.75) is 46.5 Å². The number of piperidine rings is 1. The van der Waals surface area contributed by atoms with E-state index in [0.717, 1.165) is 43.6 Å². The summed E-state index contributed by atoms with van der Waals surface area (Å²) >= 11 is 0. The molecule has 0 aliphatic carbocycles. The first-order valence-corrected chi connectivity index (χ1v) is 8.15. The Balaban J connectivity index is 2.11.